The number of ether oxygens (including phenoxy) is 1. The van der Waals surface area contributed by atoms with E-state index in [0.717, 1.165) is 25.1 Å². The fraction of sp³-hybridized carbons (Fsp3) is 0.500. The van der Waals surface area contributed by atoms with E-state index in [9.17, 15) is 9.59 Å². The molecule has 1 saturated heterocycles. The van der Waals surface area contributed by atoms with Gasteiger partial charge in [-0.3, -0.25) is 9.59 Å². The van der Waals surface area contributed by atoms with Crippen LogP contribution in [0.3, 0.4) is 0 Å². The van der Waals surface area contributed by atoms with Gasteiger partial charge in [0.2, 0.25) is 11.8 Å². The van der Waals surface area contributed by atoms with Crippen LogP contribution in [0.2, 0.25) is 0 Å². The second kappa shape index (κ2) is 8.29. The molecule has 1 N–H and O–H groups in total. The van der Waals surface area contributed by atoms with Gasteiger partial charge in [-0.25, -0.2) is 0 Å². The fourth-order valence-electron chi connectivity index (χ4n) is 2.30. The maximum absolute atomic E-state index is 11.7. The van der Waals surface area contributed by atoms with Crippen molar-refractivity contribution >= 4 is 11.8 Å². The first-order valence-electron chi connectivity index (χ1n) is 7.48. The maximum atomic E-state index is 11.7. The van der Waals surface area contributed by atoms with Crippen LogP contribution < -0.4 is 10.1 Å². The van der Waals surface area contributed by atoms with Crippen molar-refractivity contribution in [1.29, 1.82) is 0 Å². The Hall–Kier alpha value is -2.04. The number of likely N-dealkylation sites (tertiary alicyclic amines) is 1. The fourth-order valence-corrected chi connectivity index (χ4v) is 2.30. The molecule has 5 heteroatoms. The van der Waals surface area contributed by atoms with Crippen LogP contribution in [0.1, 0.15) is 25.7 Å². The topological polar surface area (TPSA) is 58.6 Å². The smallest absolute Gasteiger partial charge is 0.223 e. The number of para-hydroxylation sites is 1. The summed E-state index contributed by atoms with van der Waals surface area (Å²) >= 11 is 0. The third-order valence-corrected chi connectivity index (χ3v) is 3.47. The van der Waals surface area contributed by atoms with Crippen LogP contribution in [-0.2, 0) is 9.59 Å². The van der Waals surface area contributed by atoms with E-state index in [4.69, 9.17) is 4.74 Å². The summed E-state index contributed by atoms with van der Waals surface area (Å²) in [7, 11) is 0. The maximum Gasteiger partial charge on any atom is 0.223 e. The highest BCUT2D eigenvalue weighted by molar-refractivity contribution is 5.77. The number of nitrogens with one attached hydrogen (secondary N) is 1. The zero-order valence-corrected chi connectivity index (χ0v) is 12.2. The van der Waals surface area contributed by atoms with Gasteiger partial charge in [-0.15, -0.1) is 0 Å². The van der Waals surface area contributed by atoms with E-state index >= 15 is 0 Å². The van der Waals surface area contributed by atoms with E-state index in [1.165, 1.54) is 0 Å². The number of rotatable bonds is 7. The molecule has 2 rings (SSSR count). The first kappa shape index (κ1) is 15.4. The molecule has 21 heavy (non-hydrogen) atoms. The van der Waals surface area contributed by atoms with Gasteiger partial charge in [0.15, 0.2) is 0 Å². The van der Waals surface area contributed by atoms with Gasteiger partial charge in [-0.05, 0) is 25.0 Å². The number of nitrogens with zero attached hydrogens (tertiary/aromatic N) is 1. The first-order valence-corrected chi connectivity index (χ1v) is 7.48. The van der Waals surface area contributed by atoms with Crippen molar-refractivity contribution in [2.75, 3.05) is 26.2 Å². The lowest BCUT2D eigenvalue weighted by Gasteiger charge is -2.26. The quantitative estimate of drug-likeness (QED) is 0.829. The molecule has 0 aromatic heterocycles. The van der Waals surface area contributed by atoms with Gasteiger partial charge in [-0.1, -0.05) is 18.2 Å². The SMILES string of the molecule is O=C(CCOc1ccccc1)NCCN1CCCCC1=O. The lowest BCUT2D eigenvalue weighted by atomic mass is 10.1. The molecule has 114 valence electrons. The summed E-state index contributed by atoms with van der Waals surface area (Å²) in [6.07, 6.45) is 3.00. The van der Waals surface area contributed by atoms with Crippen LogP contribution in [0.15, 0.2) is 30.3 Å². The van der Waals surface area contributed by atoms with Gasteiger partial charge in [0, 0.05) is 26.1 Å². The molecule has 1 heterocycles. The molecular formula is C16H22N2O3. The van der Waals surface area contributed by atoms with E-state index in [2.05, 4.69) is 5.32 Å². The lowest BCUT2D eigenvalue weighted by molar-refractivity contribution is -0.133. The minimum absolute atomic E-state index is 0.0459. The number of benzene rings is 1. The highest BCUT2D eigenvalue weighted by Crippen LogP contribution is 2.09. The van der Waals surface area contributed by atoms with Crippen LogP contribution in [0.25, 0.3) is 0 Å². The zero-order valence-electron chi connectivity index (χ0n) is 12.2. The molecule has 0 aliphatic carbocycles. The van der Waals surface area contributed by atoms with Crippen LogP contribution in [0.5, 0.6) is 5.75 Å². The number of carbonyl (C=O) groups excluding carboxylic acids is 2. The molecule has 1 aliphatic heterocycles. The Labute approximate surface area is 125 Å². The molecular weight excluding hydrogens is 268 g/mol. The minimum atomic E-state index is -0.0459. The summed E-state index contributed by atoms with van der Waals surface area (Å²) in [5, 5.41) is 2.82. The van der Waals surface area contributed by atoms with Gasteiger partial charge in [0.05, 0.1) is 13.0 Å². The molecule has 2 amide bonds. The molecule has 0 spiro atoms. The van der Waals surface area contributed by atoms with Crippen molar-refractivity contribution in [3.63, 3.8) is 0 Å². The van der Waals surface area contributed by atoms with Crippen molar-refractivity contribution in [1.82, 2.24) is 10.2 Å². The molecule has 1 aromatic carbocycles. The molecule has 0 radical (unpaired) electrons. The zero-order chi connectivity index (χ0) is 14.9. The molecule has 0 atom stereocenters. The molecule has 1 aromatic rings. The average molecular weight is 290 g/mol. The van der Waals surface area contributed by atoms with E-state index < -0.39 is 0 Å². The summed E-state index contributed by atoms with van der Waals surface area (Å²) in [6.45, 7) is 2.28. The Kier molecular flexibility index (Phi) is 6.06. The number of carbonyl (C=O) groups is 2. The predicted octanol–water partition coefficient (Wildman–Crippen LogP) is 1.58. The summed E-state index contributed by atoms with van der Waals surface area (Å²) < 4.78 is 5.46. The van der Waals surface area contributed by atoms with E-state index in [1.54, 1.807) is 0 Å². The third kappa shape index (κ3) is 5.45. The Bertz CT molecular complexity index is 462. The number of piperidine rings is 1. The molecule has 0 bridgehead atoms. The molecule has 1 fully saturated rings. The Balaban J connectivity index is 1.56. The highest BCUT2D eigenvalue weighted by Gasteiger charge is 2.17. The Morgan fingerprint density at radius 1 is 1.24 bits per heavy atom. The van der Waals surface area contributed by atoms with E-state index in [0.29, 0.717) is 32.5 Å². The first-order chi connectivity index (χ1) is 10.3. The molecule has 0 unspecified atom stereocenters. The highest BCUT2D eigenvalue weighted by atomic mass is 16.5. The van der Waals surface area contributed by atoms with Crippen LogP contribution >= 0.6 is 0 Å². The van der Waals surface area contributed by atoms with Crippen molar-refractivity contribution in [3.05, 3.63) is 30.3 Å². The summed E-state index contributed by atoms with van der Waals surface area (Å²) in [4.78, 5) is 25.1. The third-order valence-electron chi connectivity index (χ3n) is 3.47. The number of hydrogen-bond donors (Lipinski definition) is 1. The Morgan fingerprint density at radius 3 is 2.81 bits per heavy atom. The Morgan fingerprint density at radius 2 is 2.05 bits per heavy atom. The lowest BCUT2D eigenvalue weighted by Crippen LogP contribution is -2.41. The largest absolute Gasteiger partial charge is 0.493 e. The van der Waals surface area contributed by atoms with Crippen molar-refractivity contribution in [2.24, 2.45) is 0 Å². The molecule has 0 saturated carbocycles. The summed E-state index contributed by atoms with van der Waals surface area (Å²) in [5.74, 6) is 0.919. The number of amides is 2. The van der Waals surface area contributed by atoms with Crippen LogP contribution in [0.4, 0.5) is 0 Å². The van der Waals surface area contributed by atoms with Crippen LogP contribution in [0, 0.1) is 0 Å². The van der Waals surface area contributed by atoms with Gasteiger partial charge in [-0.2, -0.15) is 0 Å². The van der Waals surface area contributed by atoms with Crippen molar-refractivity contribution < 1.29 is 14.3 Å². The predicted molar refractivity (Wildman–Crippen MR) is 80.0 cm³/mol. The van der Waals surface area contributed by atoms with Crippen LogP contribution in [-0.4, -0.2) is 43.0 Å². The van der Waals surface area contributed by atoms with Crippen molar-refractivity contribution in [2.45, 2.75) is 25.7 Å². The monoisotopic (exact) mass is 290 g/mol. The molecule has 1 aliphatic rings. The van der Waals surface area contributed by atoms with Gasteiger partial charge in [0.25, 0.3) is 0 Å². The van der Waals surface area contributed by atoms with E-state index in [-0.39, 0.29) is 11.8 Å². The average Bonchev–Trinajstić information content (AvgIpc) is 2.50. The van der Waals surface area contributed by atoms with Crippen molar-refractivity contribution in [3.8, 4) is 5.75 Å². The van der Waals surface area contributed by atoms with E-state index in [1.807, 2.05) is 35.2 Å². The van der Waals surface area contributed by atoms with Gasteiger partial charge >= 0.3 is 0 Å². The standard InChI is InChI=1S/C16H22N2O3/c19-15(9-13-21-14-6-2-1-3-7-14)17-10-12-18-11-5-4-8-16(18)20/h1-3,6-7H,4-5,8-13H2,(H,17,19). The summed E-state index contributed by atoms with van der Waals surface area (Å²) in [5.41, 5.74) is 0. The summed E-state index contributed by atoms with van der Waals surface area (Å²) in [6, 6.07) is 9.43. The second-order valence-electron chi connectivity index (χ2n) is 5.10. The number of hydrogen-bond acceptors (Lipinski definition) is 3. The molecule has 5 nitrogen and oxygen atoms in total. The van der Waals surface area contributed by atoms with Gasteiger partial charge < -0.3 is 15.0 Å². The van der Waals surface area contributed by atoms with Gasteiger partial charge in [0.1, 0.15) is 5.75 Å². The normalized spacial score (nSPS) is 14.9. The minimum Gasteiger partial charge on any atom is -0.493 e. The second-order valence-corrected chi connectivity index (χ2v) is 5.10.